The van der Waals surface area contributed by atoms with Crippen LogP contribution in [0.15, 0.2) is 71.8 Å². The van der Waals surface area contributed by atoms with E-state index in [0.717, 1.165) is 9.87 Å². The van der Waals surface area contributed by atoms with Gasteiger partial charge in [0, 0.05) is 11.4 Å². The highest BCUT2D eigenvalue weighted by molar-refractivity contribution is 7.92. The number of halogens is 1. The zero-order valence-corrected chi connectivity index (χ0v) is 18.8. The van der Waals surface area contributed by atoms with Crippen LogP contribution in [0.3, 0.4) is 0 Å². The number of aromatic nitrogens is 1. The highest BCUT2D eigenvalue weighted by atomic mass is 35.5. The van der Waals surface area contributed by atoms with E-state index in [1.165, 1.54) is 18.3 Å². The summed E-state index contributed by atoms with van der Waals surface area (Å²) in [5.41, 5.74) is 1.99. The van der Waals surface area contributed by atoms with Crippen LogP contribution in [0.4, 0.5) is 11.4 Å². The predicted octanol–water partition coefficient (Wildman–Crippen LogP) is 3.59. The Hall–Kier alpha value is -2.94. The average Bonchev–Trinajstić information content (AvgIpc) is 2.78. The number of pyridine rings is 1. The first-order valence-corrected chi connectivity index (χ1v) is 11.9. The van der Waals surface area contributed by atoms with Crippen molar-refractivity contribution in [2.45, 2.75) is 30.3 Å². The Morgan fingerprint density at radius 3 is 2.66 bits per heavy atom. The molecular formula is C23H22ClN3O4S. The number of hydrogen-bond donors (Lipinski definition) is 2. The molecule has 2 atom stereocenters. The third kappa shape index (κ3) is 4.48. The zero-order valence-electron chi connectivity index (χ0n) is 17.3. The van der Waals surface area contributed by atoms with Gasteiger partial charge in [-0.05, 0) is 36.8 Å². The molecule has 0 unspecified atom stereocenters. The molecule has 0 fully saturated rings. The van der Waals surface area contributed by atoms with E-state index in [2.05, 4.69) is 10.3 Å². The van der Waals surface area contributed by atoms with E-state index in [-0.39, 0.29) is 28.8 Å². The summed E-state index contributed by atoms with van der Waals surface area (Å²) in [6.07, 6.45) is 0.782. The van der Waals surface area contributed by atoms with Crippen LogP contribution in [0.25, 0.3) is 0 Å². The Morgan fingerprint density at radius 1 is 1.19 bits per heavy atom. The molecule has 7 nitrogen and oxygen atoms in total. The molecule has 32 heavy (non-hydrogen) atoms. The van der Waals surface area contributed by atoms with Crippen LogP contribution in [0.5, 0.6) is 0 Å². The maximum Gasteiger partial charge on any atom is 0.264 e. The normalized spacial score (nSPS) is 16.8. The molecule has 166 valence electrons. The fraction of sp³-hybridized carbons (Fsp3) is 0.217. The molecule has 0 saturated carbocycles. The van der Waals surface area contributed by atoms with E-state index in [1.807, 2.05) is 30.3 Å². The first-order chi connectivity index (χ1) is 15.3. The van der Waals surface area contributed by atoms with E-state index in [1.54, 1.807) is 25.1 Å². The van der Waals surface area contributed by atoms with Gasteiger partial charge in [-0.15, -0.1) is 0 Å². The fourth-order valence-electron chi connectivity index (χ4n) is 3.63. The van der Waals surface area contributed by atoms with Crippen LogP contribution in [-0.2, 0) is 21.2 Å². The van der Waals surface area contributed by atoms with Gasteiger partial charge in [0.05, 0.1) is 46.7 Å². The van der Waals surface area contributed by atoms with Crippen molar-refractivity contribution in [3.05, 3.63) is 83.1 Å². The molecular weight excluding hydrogens is 450 g/mol. The molecule has 1 aliphatic heterocycles. The second-order valence-corrected chi connectivity index (χ2v) is 9.96. The summed E-state index contributed by atoms with van der Waals surface area (Å²) in [6.45, 7) is 1.67. The molecule has 2 N–H and O–H groups in total. The van der Waals surface area contributed by atoms with Crippen LogP contribution in [0.2, 0.25) is 5.02 Å². The van der Waals surface area contributed by atoms with Gasteiger partial charge in [-0.2, -0.15) is 0 Å². The number of anilines is 2. The van der Waals surface area contributed by atoms with E-state index in [0.29, 0.717) is 17.1 Å². The largest absolute Gasteiger partial charge is 0.391 e. The number of nitrogens with one attached hydrogen (secondary N) is 1. The van der Waals surface area contributed by atoms with Crippen molar-refractivity contribution in [3.8, 4) is 0 Å². The van der Waals surface area contributed by atoms with E-state index >= 15 is 0 Å². The molecule has 0 saturated heterocycles. The van der Waals surface area contributed by atoms with Gasteiger partial charge in [0.1, 0.15) is 0 Å². The van der Waals surface area contributed by atoms with Crippen LogP contribution in [-0.4, -0.2) is 37.1 Å². The molecule has 1 aliphatic rings. The summed E-state index contributed by atoms with van der Waals surface area (Å²) >= 11 is 5.99. The van der Waals surface area contributed by atoms with Crippen LogP contribution in [0, 0.1) is 0 Å². The van der Waals surface area contributed by atoms with E-state index in [9.17, 15) is 18.3 Å². The highest BCUT2D eigenvalue weighted by Crippen LogP contribution is 2.33. The van der Waals surface area contributed by atoms with Crippen LogP contribution < -0.4 is 9.62 Å². The highest BCUT2D eigenvalue weighted by Gasteiger charge is 2.34. The number of carbonyl (C=O) groups excluding carboxylic acids is 1. The maximum atomic E-state index is 13.3. The number of sulfonamides is 1. The minimum Gasteiger partial charge on any atom is -0.391 e. The predicted molar refractivity (Wildman–Crippen MR) is 123 cm³/mol. The Bertz CT molecular complexity index is 1250. The third-order valence-corrected chi connectivity index (χ3v) is 7.38. The number of nitrogens with zero attached hydrogens (tertiary/aromatic N) is 2. The standard InChI is InChI=1S/C23H22ClN3O4S/c1-15(16-6-3-2-4-7-16)23(29)26-18-11-22-21(25-13-18)12-19(28)14-27(22)32(30,31)20-9-5-8-17(24)10-20/h2-11,13,15,19,28H,12,14H2,1H3,(H,26,29)/t15-,19-/m0/s1. The quantitative estimate of drug-likeness (QED) is 0.592. The SMILES string of the molecule is C[C@H](C(=O)Nc1cnc2c(c1)N(S(=O)(=O)c1cccc(Cl)c1)C[C@@H](O)C2)c1ccccc1. The number of fused-ring (bicyclic) bond motifs is 1. The van der Waals surface area contributed by atoms with Crippen molar-refractivity contribution in [2.75, 3.05) is 16.2 Å². The van der Waals surface area contributed by atoms with Crippen LogP contribution >= 0.6 is 11.6 Å². The first kappa shape index (κ1) is 22.3. The van der Waals surface area contributed by atoms with Gasteiger partial charge >= 0.3 is 0 Å². The molecule has 9 heteroatoms. The molecule has 1 amide bonds. The molecule has 0 spiro atoms. The van der Waals surface area contributed by atoms with Crippen molar-refractivity contribution in [3.63, 3.8) is 0 Å². The number of carbonyl (C=O) groups is 1. The first-order valence-electron chi connectivity index (χ1n) is 10.1. The molecule has 0 radical (unpaired) electrons. The number of β-amino-alcohol motifs (C(OH)–C–C–N with tert-alkyl or cyclic N) is 1. The smallest absolute Gasteiger partial charge is 0.264 e. The van der Waals surface area contributed by atoms with Crippen molar-refractivity contribution < 1.29 is 18.3 Å². The van der Waals surface area contributed by atoms with Gasteiger partial charge in [0.25, 0.3) is 10.0 Å². The summed E-state index contributed by atoms with van der Waals surface area (Å²) in [4.78, 5) is 17.1. The molecule has 2 aromatic carbocycles. The Morgan fingerprint density at radius 2 is 1.94 bits per heavy atom. The zero-order chi connectivity index (χ0) is 22.9. The van der Waals surface area contributed by atoms with Crippen molar-refractivity contribution in [1.29, 1.82) is 0 Å². The summed E-state index contributed by atoms with van der Waals surface area (Å²) in [7, 11) is -4.00. The van der Waals surface area contributed by atoms with Gasteiger partial charge in [-0.1, -0.05) is 48.0 Å². The number of amides is 1. The minimum atomic E-state index is -4.00. The number of hydrogen-bond acceptors (Lipinski definition) is 5. The van der Waals surface area contributed by atoms with Crippen molar-refractivity contribution in [2.24, 2.45) is 0 Å². The Labute approximate surface area is 191 Å². The second-order valence-electron chi connectivity index (χ2n) is 7.66. The third-order valence-electron chi connectivity index (χ3n) is 5.37. The average molecular weight is 472 g/mol. The van der Waals surface area contributed by atoms with E-state index < -0.39 is 22.0 Å². The molecule has 4 rings (SSSR count). The van der Waals surface area contributed by atoms with Crippen molar-refractivity contribution in [1.82, 2.24) is 4.98 Å². The number of rotatable bonds is 5. The molecule has 3 aromatic rings. The molecule has 2 heterocycles. The monoisotopic (exact) mass is 471 g/mol. The van der Waals surface area contributed by atoms with Gasteiger partial charge in [0.15, 0.2) is 0 Å². The summed E-state index contributed by atoms with van der Waals surface area (Å²) in [5.74, 6) is -0.640. The fourth-order valence-corrected chi connectivity index (χ4v) is 5.45. The van der Waals surface area contributed by atoms with Gasteiger partial charge in [-0.3, -0.25) is 14.1 Å². The number of benzene rings is 2. The summed E-state index contributed by atoms with van der Waals surface area (Å²) in [5, 5.41) is 13.4. The Balaban J connectivity index is 1.66. The molecule has 0 aliphatic carbocycles. The topological polar surface area (TPSA) is 99.6 Å². The maximum absolute atomic E-state index is 13.3. The van der Waals surface area contributed by atoms with Crippen molar-refractivity contribution >= 4 is 38.9 Å². The van der Waals surface area contributed by atoms with E-state index in [4.69, 9.17) is 11.6 Å². The second kappa shape index (κ2) is 8.90. The lowest BCUT2D eigenvalue weighted by atomic mass is 10.0. The minimum absolute atomic E-state index is 0.0113. The molecule has 0 bridgehead atoms. The number of aliphatic hydroxyl groups is 1. The number of aliphatic hydroxyl groups excluding tert-OH is 1. The van der Waals surface area contributed by atoms with Crippen LogP contribution in [0.1, 0.15) is 24.1 Å². The summed E-state index contributed by atoms with van der Waals surface area (Å²) < 4.78 is 27.7. The lowest BCUT2D eigenvalue weighted by Crippen LogP contribution is -2.42. The summed E-state index contributed by atoms with van der Waals surface area (Å²) in [6, 6.07) is 16.9. The lowest BCUT2D eigenvalue weighted by molar-refractivity contribution is -0.117. The van der Waals surface area contributed by atoms with Gasteiger partial charge < -0.3 is 10.4 Å². The Kier molecular flexibility index (Phi) is 6.19. The molecule has 1 aromatic heterocycles. The van der Waals surface area contributed by atoms with Gasteiger partial charge in [-0.25, -0.2) is 8.42 Å². The lowest BCUT2D eigenvalue weighted by Gasteiger charge is -2.32. The van der Waals surface area contributed by atoms with Gasteiger partial charge in [0.2, 0.25) is 5.91 Å².